The van der Waals surface area contributed by atoms with Gasteiger partial charge in [-0.3, -0.25) is 14.4 Å². The largest absolute Gasteiger partial charge is 0.466 e. The molecule has 7 atom stereocenters. The number of thioether (sulfide) groups is 1. The van der Waals surface area contributed by atoms with E-state index in [9.17, 15) is 19.5 Å². The van der Waals surface area contributed by atoms with Crippen molar-refractivity contribution < 1.29 is 24.2 Å². The topological polar surface area (TPSA) is 95.9 Å². The van der Waals surface area contributed by atoms with Crippen molar-refractivity contribution in [3.8, 4) is 0 Å². The lowest BCUT2D eigenvalue weighted by Crippen LogP contribution is -2.54. The summed E-state index contributed by atoms with van der Waals surface area (Å²) in [7, 11) is 0. The Kier molecular flexibility index (Phi) is 6.37. The number of likely N-dealkylation sites (tertiary alicyclic amines) is 1. The number of carbonyl (C=O) groups excluding carboxylic acids is 3. The molecule has 4 rings (SSSR count). The first-order valence-electron chi connectivity index (χ1n) is 11.0. The minimum Gasteiger partial charge on any atom is -0.466 e. The number of hydrogen-bond acceptors (Lipinski definition) is 6. The van der Waals surface area contributed by atoms with Crippen molar-refractivity contribution in [1.82, 2.24) is 4.90 Å². The third-order valence-corrected chi connectivity index (χ3v) is 10.1. The first-order chi connectivity index (χ1) is 15.2. The highest BCUT2D eigenvalue weighted by molar-refractivity contribution is 9.09. The van der Waals surface area contributed by atoms with Crippen LogP contribution in [0.4, 0.5) is 5.69 Å². The number of aryl methyl sites for hydroxylation is 2. The maximum Gasteiger partial charge on any atom is 0.310 e. The predicted molar refractivity (Wildman–Crippen MR) is 127 cm³/mol. The van der Waals surface area contributed by atoms with Gasteiger partial charge in [0, 0.05) is 15.8 Å². The number of alkyl halides is 1. The van der Waals surface area contributed by atoms with Gasteiger partial charge < -0.3 is 20.1 Å². The molecule has 2 bridgehead atoms. The number of esters is 1. The smallest absolute Gasteiger partial charge is 0.310 e. The summed E-state index contributed by atoms with van der Waals surface area (Å²) < 4.78 is 4.58. The van der Waals surface area contributed by atoms with Gasteiger partial charge in [0.25, 0.3) is 0 Å². The second kappa shape index (κ2) is 8.65. The van der Waals surface area contributed by atoms with Crippen LogP contribution in [0.25, 0.3) is 0 Å². The Morgan fingerprint density at radius 3 is 2.78 bits per heavy atom. The predicted octanol–water partition coefficient (Wildman–Crippen LogP) is 2.65. The van der Waals surface area contributed by atoms with Crippen LogP contribution in [0.1, 0.15) is 31.4 Å². The number of aliphatic hydroxyl groups is 1. The molecule has 3 unspecified atom stereocenters. The van der Waals surface area contributed by atoms with Crippen molar-refractivity contribution in [2.75, 3.05) is 18.5 Å². The molecule has 0 saturated carbocycles. The molecule has 2 N–H and O–H groups in total. The van der Waals surface area contributed by atoms with Gasteiger partial charge in [-0.15, -0.1) is 11.8 Å². The molecule has 1 spiro atoms. The first-order valence-corrected chi connectivity index (χ1v) is 12.8. The van der Waals surface area contributed by atoms with Crippen LogP contribution in [0.2, 0.25) is 0 Å². The van der Waals surface area contributed by atoms with Crippen molar-refractivity contribution in [3.05, 3.63) is 29.3 Å². The van der Waals surface area contributed by atoms with E-state index < -0.39 is 28.7 Å². The Hall–Kier alpha value is -1.58. The molecular weight excluding hydrogens is 496 g/mol. The zero-order valence-corrected chi connectivity index (χ0v) is 21.0. The molecule has 7 nitrogen and oxygen atoms in total. The van der Waals surface area contributed by atoms with Crippen LogP contribution in [-0.2, 0) is 19.1 Å². The van der Waals surface area contributed by atoms with Gasteiger partial charge in [-0.25, -0.2) is 0 Å². The number of nitrogens with zero attached hydrogens (tertiary/aromatic N) is 1. The summed E-state index contributed by atoms with van der Waals surface area (Å²) in [5, 5.41) is 12.8. The average Bonchev–Trinajstić information content (AvgIpc) is 3.33. The number of amides is 2. The summed E-state index contributed by atoms with van der Waals surface area (Å²) in [6.07, 6.45) is 0.591. The van der Waals surface area contributed by atoms with Gasteiger partial charge in [-0.2, -0.15) is 0 Å². The quantitative estimate of drug-likeness (QED) is 0.438. The van der Waals surface area contributed by atoms with E-state index in [2.05, 4.69) is 21.2 Å². The standard InChI is InChI=1S/C23H29BrN2O5S/c1-5-31-22(30)16-17-21(29)26(13(4)10-27)19(23(17)9-14(24)18(16)32-23)20(28)25-15-8-11(2)6-7-12(15)3/h6-8,13-14,16-19,27H,5,9-10H2,1-4H3,(H,25,28)/t13-,14?,16+,17+,18+,19?,23?/m1/s1. The second-order valence-electron chi connectivity index (χ2n) is 9.00. The van der Waals surface area contributed by atoms with E-state index in [4.69, 9.17) is 4.74 Å². The molecule has 3 aliphatic rings. The lowest BCUT2D eigenvalue weighted by molar-refractivity contribution is -0.154. The molecule has 3 fully saturated rings. The van der Waals surface area contributed by atoms with Crippen LogP contribution < -0.4 is 5.32 Å². The Balaban J connectivity index is 1.76. The zero-order valence-electron chi connectivity index (χ0n) is 18.6. The number of aliphatic hydroxyl groups excluding tert-OH is 1. The van der Waals surface area contributed by atoms with Gasteiger partial charge >= 0.3 is 5.97 Å². The highest BCUT2D eigenvalue weighted by Crippen LogP contribution is 2.68. The molecule has 9 heteroatoms. The van der Waals surface area contributed by atoms with Crippen LogP contribution in [-0.4, -0.2) is 67.9 Å². The summed E-state index contributed by atoms with van der Waals surface area (Å²) in [4.78, 5) is 41.8. The van der Waals surface area contributed by atoms with Crippen molar-refractivity contribution in [2.45, 2.75) is 61.0 Å². The zero-order chi connectivity index (χ0) is 23.4. The Bertz CT molecular complexity index is 958. The number of nitrogens with one attached hydrogen (secondary N) is 1. The summed E-state index contributed by atoms with van der Waals surface area (Å²) in [5.41, 5.74) is 2.65. The lowest BCUT2D eigenvalue weighted by atomic mass is 9.71. The minimum absolute atomic E-state index is 0.00801. The molecule has 3 saturated heterocycles. The fourth-order valence-electron chi connectivity index (χ4n) is 5.51. The van der Waals surface area contributed by atoms with Gasteiger partial charge in [0.15, 0.2) is 0 Å². The molecule has 3 aliphatic heterocycles. The third kappa shape index (κ3) is 3.47. The molecular formula is C23H29BrN2O5S. The van der Waals surface area contributed by atoms with E-state index in [0.29, 0.717) is 12.1 Å². The van der Waals surface area contributed by atoms with Gasteiger partial charge in [-0.1, -0.05) is 28.1 Å². The minimum atomic E-state index is -0.795. The number of halogens is 1. The monoisotopic (exact) mass is 524 g/mol. The SMILES string of the molecule is CCOC(=O)[C@H]1[C@H]2C(=O)N([C@H](C)CO)C(C(=O)Nc3cc(C)ccc3C)C23CC(Br)[C@@H]1S3. The van der Waals surface area contributed by atoms with E-state index in [-0.39, 0.29) is 41.1 Å². The number of rotatable bonds is 6. The summed E-state index contributed by atoms with van der Waals surface area (Å²) >= 11 is 5.26. The van der Waals surface area contributed by atoms with E-state index in [1.54, 1.807) is 25.6 Å². The highest BCUT2D eigenvalue weighted by atomic mass is 79.9. The summed E-state index contributed by atoms with van der Waals surface area (Å²) in [6, 6.07) is 4.49. The van der Waals surface area contributed by atoms with E-state index in [1.807, 2.05) is 32.0 Å². The van der Waals surface area contributed by atoms with E-state index >= 15 is 0 Å². The van der Waals surface area contributed by atoms with Crippen LogP contribution >= 0.6 is 27.7 Å². The lowest BCUT2D eigenvalue weighted by Gasteiger charge is -2.36. The number of benzene rings is 1. The molecule has 1 aromatic rings. The van der Waals surface area contributed by atoms with Crippen molar-refractivity contribution >= 4 is 51.2 Å². The first kappa shape index (κ1) is 23.6. The maximum atomic E-state index is 13.8. The van der Waals surface area contributed by atoms with Gasteiger partial charge in [0.1, 0.15) is 6.04 Å². The second-order valence-corrected chi connectivity index (χ2v) is 11.7. The Morgan fingerprint density at radius 2 is 2.12 bits per heavy atom. The molecule has 1 aromatic carbocycles. The molecule has 2 amide bonds. The average molecular weight is 525 g/mol. The molecule has 32 heavy (non-hydrogen) atoms. The van der Waals surface area contributed by atoms with E-state index in [0.717, 1.165) is 11.1 Å². The number of carbonyl (C=O) groups is 3. The van der Waals surface area contributed by atoms with E-state index in [1.165, 1.54) is 4.90 Å². The van der Waals surface area contributed by atoms with Crippen molar-refractivity contribution in [2.24, 2.45) is 11.8 Å². The van der Waals surface area contributed by atoms with Gasteiger partial charge in [-0.05, 0) is 51.3 Å². The normalized spacial score (nSPS) is 33.9. The van der Waals surface area contributed by atoms with Crippen LogP contribution in [0.5, 0.6) is 0 Å². The number of ether oxygens (including phenoxy) is 1. The van der Waals surface area contributed by atoms with Crippen LogP contribution in [0.3, 0.4) is 0 Å². The molecule has 0 radical (unpaired) electrons. The van der Waals surface area contributed by atoms with Crippen LogP contribution in [0.15, 0.2) is 18.2 Å². The molecule has 0 aliphatic carbocycles. The Labute approximate surface area is 200 Å². The summed E-state index contributed by atoms with van der Waals surface area (Å²) in [5.74, 6) is -2.18. The van der Waals surface area contributed by atoms with Gasteiger partial charge in [0.05, 0.1) is 35.8 Å². The fourth-order valence-corrected chi connectivity index (χ4v) is 9.10. The third-order valence-electron chi connectivity index (χ3n) is 6.92. The molecule has 0 aromatic heterocycles. The molecule has 3 heterocycles. The maximum absolute atomic E-state index is 13.8. The number of anilines is 1. The number of fused-ring (bicyclic) bond motifs is 1. The van der Waals surface area contributed by atoms with Crippen LogP contribution in [0, 0.1) is 25.7 Å². The van der Waals surface area contributed by atoms with Crippen molar-refractivity contribution in [1.29, 1.82) is 0 Å². The van der Waals surface area contributed by atoms with Crippen molar-refractivity contribution in [3.63, 3.8) is 0 Å². The molecule has 174 valence electrons. The Morgan fingerprint density at radius 1 is 1.41 bits per heavy atom. The highest BCUT2D eigenvalue weighted by Gasteiger charge is 2.76. The fraction of sp³-hybridized carbons (Fsp3) is 0.609. The summed E-state index contributed by atoms with van der Waals surface area (Å²) in [6.45, 7) is 7.33. The number of hydrogen-bond donors (Lipinski definition) is 2. The van der Waals surface area contributed by atoms with Gasteiger partial charge in [0.2, 0.25) is 11.8 Å².